The van der Waals surface area contributed by atoms with Gasteiger partial charge in [0.25, 0.3) is 5.91 Å². The molecule has 1 aromatic heterocycles. The summed E-state index contributed by atoms with van der Waals surface area (Å²) < 4.78 is 5.10. The monoisotopic (exact) mass is 268 g/mol. The summed E-state index contributed by atoms with van der Waals surface area (Å²) in [4.78, 5) is 14.9. The molecule has 1 aliphatic rings. The normalized spacial score (nSPS) is 18.7. The van der Waals surface area contributed by atoms with Crippen molar-refractivity contribution >= 4 is 17.2 Å². The highest BCUT2D eigenvalue weighted by Gasteiger charge is 2.26. The Morgan fingerprint density at radius 2 is 2.22 bits per heavy atom. The first-order valence-corrected chi connectivity index (χ1v) is 7.17. The summed E-state index contributed by atoms with van der Waals surface area (Å²) in [7, 11) is 1.62. The van der Waals surface area contributed by atoms with E-state index in [2.05, 4.69) is 0 Å². The van der Waals surface area contributed by atoms with E-state index >= 15 is 0 Å². The van der Waals surface area contributed by atoms with Crippen molar-refractivity contribution in [3.63, 3.8) is 0 Å². The number of carbonyl (C=O) groups is 1. The van der Waals surface area contributed by atoms with E-state index in [0.29, 0.717) is 5.92 Å². The Morgan fingerprint density at radius 3 is 2.72 bits per heavy atom. The van der Waals surface area contributed by atoms with Crippen molar-refractivity contribution in [1.29, 1.82) is 0 Å². The fourth-order valence-corrected chi connectivity index (χ4v) is 3.14. The third-order valence-corrected chi connectivity index (χ3v) is 4.49. The van der Waals surface area contributed by atoms with Crippen LogP contribution in [0.15, 0.2) is 11.4 Å². The summed E-state index contributed by atoms with van der Waals surface area (Å²) in [5.74, 6) is 1.42. The fraction of sp³-hybridized carbons (Fsp3) is 0.615. The quantitative estimate of drug-likeness (QED) is 0.911. The second-order valence-electron chi connectivity index (χ2n) is 4.84. The molecule has 5 heteroatoms. The molecule has 1 saturated heterocycles. The van der Waals surface area contributed by atoms with Crippen molar-refractivity contribution < 1.29 is 9.53 Å². The summed E-state index contributed by atoms with van der Waals surface area (Å²) >= 11 is 1.44. The lowest BCUT2D eigenvalue weighted by Crippen LogP contribution is -2.42. The average Bonchev–Trinajstić information content (AvgIpc) is 2.86. The van der Waals surface area contributed by atoms with Gasteiger partial charge in [-0.1, -0.05) is 0 Å². The molecule has 4 nitrogen and oxygen atoms in total. The molecule has 1 atom stereocenters. The minimum Gasteiger partial charge on any atom is -0.496 e. The van der Waals surface area contributed by atoms with E-state index < -0.39 is 0 Å². The van der Waals surface area contributed by atoms with Crippen LogP contribution in [0.25, 0.3) is 0 Å². The number of nitrogens with two attached hydrogens (primary N) is 1. The molecule has 0 bridgehead atoms. The van der Waals surface area contributed by atoms with E-state index in [-0.39, 0.29) is 11.9 Å². The van der Waals surface area contributed by atoms with Crippen LogP contribution < -0.4 is 10.5 Å². The highest BCUT2D eigenvalue weighted by molar-refractivity contribution is 7.12. The summed E-state index contributed by atoms with van der Waals surface area (Å²) in [5.41, 5.74) is 5.90. The summed E-state index contributed by atoms with van der Waals surface area (Å²) in [6.45, 7) is 3.67. The van der Waals surface area contributed by atoms with E-state index in [1.165, 1.54) is 11.3 Å². The molecule has 2 N–H and O–H groups in total. The number of ether oxygens (including phenoxy) is 1. The second-order valence-corrected chi connectivity index (χ2v) is 5.75. The minimum atomic E-state index is 0.117. The molecule has 1 aromatic rings. The van der Waals surface area contributed by atoms with Crippen LogP contribution in [0.2, 0.25) is 0 Å². The topological polar surface area (TPSA) is 55.6 Å². The van der Waals surface area contributed by atoms with E-state index in [9.17, 15) is 4.79 Å². The third-order valence-electron chi connectivity index (χ3n) is 3.59. The van der Waals surface area contributed by atoms with Crippen molar-refractivity contribution in [3.05, 3.63) is 16.3 Å². The Morgan fingerprint density at radius 1 is 1.56 bits per heavy atom. The Bertz CT molecular complexity index is 409. The van der Waals surface area contributed by atoms with Gasteiger partial charge in [0.2, 0.25) is 0 Å². The van der Waals surface area contributed by atoms with Crippen LogP contribution in [-0.2, 0) is 0 Å². The van der Waals surface area contributed by atoms with Crippen LogP contribution in [0.5, 0.6) is 5.75 Å². The van der Waals surface area contributed by atoms with Crippen molar-refractivity contribution in [1.82, 2.24) is 4.90 Å². The maximum Gasteiger partial charge on any atom is 0.264 e. The first-order chi connectivity index (χ1) is 8.61. The molecule has 1 aliphatic heterocycles. The number of methoxy groups -OCH3 is 1. The van der Waals surface area contributed by atoms with Crippen LogP contribution in [0.4, 0.5) is 0 Å². The van der Waals surface area contributed by atoms with Gasteiger partial charge in [-0.25, -0.2) is 0 Å². The maximum atomic E-state index is 12.3. The molecule has 2 heterocycles. The van der Waals surface area contributed by atoms with Gasteiger partial charge in [0.15, 0.2) is 0 Å². The molecule has 1 unspecified atom stereocenters. The standard InChI is InChI=1S/C13H20N2O2S/c1-9(14)10-3-5-15(6-4-10)13(16)12-7-11(17-2)8-18-12/h7-10H,3-6,14H2,1-2H3. The minimum absolute atomic E-state index is 0.117. The van der Waals surface area contributed by atoms with Crippen molar-refractivity contribution in [2.24, 2.45) is 11.7 Å². The number of carbonyl (C=O) groups excluding carboxylic acids is 1. The van der Waals surface area contributed by atoms with E-state index in [1.54, 1.807) is 7.11 Å². The zero-order chi connectivity index (χ0) is 13.1. The number of hydrogen-bond acceptors (Lipinski definition) is 4. The lowest BCUT2D eigenvalue weighted by Gasteiger charge is -2.33. The SMILES string of the molecule is COc1csc(C(=O)N2CCC(C(C)N)CC2)c1. The molecule has 0 spiro atoms. The van der Waals surface area contributed by atoms with Gasteiger partial charge in [0, 0.05) is 30.6 Å². The summed E-state index contributed by atoms with van der Waals surface area (Å²) in [6.07, 6.45) is 2.01. The van der Waals surface area contributed by atoms with Gasteiger partial charge < -0.3 is 15.4 Å². The van der Waals surface area contributed by atoms with Crippen LogP contribution in [0.1, 0.15) is 29.4 Å². The van der Waals surface area contributed by atoms with Crippen molar-refractivity contribution in [2.75, 3.05) is 20.2 Å². The Kier molecular flexibility index (Phi) is 4.24. The summed E-state index contributed by atoms with van der Waals surface area (Å²) in [5, 5.41) is 1.86. The molecule has 0 aromatic carbocycles. The molecule has 2 rings (SSSR count). The predicted octanol–water partition coefficient (Wildman–Crippen LogP) is 1.96. The highest BCUT2D eigenvalue weighted by Crippen LogP contribution is 2.25. The molecule has 100 valence electrons. The van der Waals surface area contributed by atoms with Gasteiger partial charge in [-0.3, -0.25) is 4.79 Å². The van der Waals surface area contributed by atoms with Gasteiger partial charge in [0.1, 0.15) is 5.75 Å². The molecule has 1 fully saturated rings. The number of amides is 1. The van der Waals surface area contributed by atoms with Gasteiger partial charge in [-0.05, 0) is 25.7 Å². The van der Waals surface area contributed by atoms with Gasteiger partial charge in [-0.2, -0.15) is 0 Å². The number of likely N-dealkylation sites (tertiary alicyclic amines) is 1. The second kappa shape index (κ2) is 5.71. The molecular formula is C13H20N2O2S. The van der Waals surface area contributed by atoms with E-state index in [4.69, 9.17) is 10.5 Å². The molecule has 1 amide bonds. The fourth-order valence-electron chi connectivity index (χ4n) is 2.32. The van der Waals surface area contributed by atoms with Crippen molar-refractivity contribution in [3.8, 4) is 5.75 Å². The largest absolute Gasteiger partial charge is 0.496 e. The number of piperidine rings is 1. The number of rotatable bonds is 3. The smallest absolute Gasteiger partial charge is 0.264 e. The van der Waals surface area contributed by atoms with E-state index in [1.807, 2.05) is 23.3 Å². The predicted molar refractivity (Wildman–Crippen MR) is 73.1 cm³/mol. The summed E-state index contributed by atoms with van der Waals surface area (Å²) in [6, 6.07) is 2.04. The van der Waals surface area contributed by atoms with Crippen LogP contribution in [0.3, 0.4) is 0 Å². The Balaban J connectivity index is 1.95. The number of thiophene rings is 1. The van der Waals surface area contributed by atoms with Crippen molar-refractivity contribution in [2.45, 2.75) is 25.8 Å². The van der Waals surface area contributed by atoms with Gasteiger partial charge in [-0.15, -0.1) is 11.3 Å². The molecular weight excluding hydrogens is 248 g/mol. The van der Waals surface area contributed by atoms with Crippen LogP contribution >= 0.6 is 11.3 Å². The lowest BCUT2D eigenvalue weighted by atomic mass is 9.91. The molecule has 0 saturated carbocycles. The van der Waals surface area contributed by atoms with Crippen LogP contribution in [0, 0.1) is 5.92 Å². The molecule has 18 heavy (non-hydrogen) atoms. The molecule has 0 aliphatic carbocycles. The average molecular weight is 268 g/mol. The number of nitrogens with zero attached hydrogens (tertiary/aromatic N) is 1. The van der Waals surface area contributed by atoms with Gasteiger partial charge in [0.05, 0.1) is 12.0 Å². The van der Waals surface area contributed by atoms with Crippen LogP contribution in [-0.4, -0.2) is 37.0 Å². The first kappa shape index (κ1) is 13.4. The number of hydrogen-bond donors (Lipinski definition) is 1. The maximum absolute atomic E-state index is 12.3. The Hall–Kier alpha value is -1.07. The first-order valence-electron chi connectivity index (χ1n) is 6.29. The Labute approximate surface area is 112 Å². The molecule has 0 radical (unpaired) electrons. The highest BCUT2D eigenvalue weighted by atomic mass is 32.1. The zero-order valence-corrected chi connectivity index (χ0v) is 11.7. The zero-order valence-electron chi connectivity index (χ0n) is 10.9. The lowest BCUT2D eigenvalue weighted by molar-refractivity contribution is 0.0685. The third kappa shape index (κ3) is 2.84. The van der Waals surface area contributed by atoms with Gasteiger partial charge >= 0.3 is 0 Å². The van der Waals surface area contributed by atoms with E-state index in [0.717, 1.165) is 36.6 Å².